The van der Waals surface area contributed by atoms with Crippen molar-refractivity contribution in [3.63, 3.8) is 0 Å². The highest BCUT2D eigenvalue weighted by Gasteiger charge is 2.32. The van der Waals surface area contributed by atoms with Crippen molar-refractivity contribution in [3.05, 3.63) is 209 Å². The summed E-state index contributed by atoms with van der Waals surface area (Å²) in [5.41, 5.74) is 15.4. The Morgan fingerprint density at radius 2 is 0.766 bits per heavy atom. The molecule has 0 amide bonds. The average molecular weight is 1950 g/mol. The minimum Gasteiger partial charge on any atom is -0.370 e. The van der Waals surface area contributed by atoms with Gasteiger partial charge in [0.15, 0.2) is 0 Å². The number of nitrogens with zero attached hydrogens (tertiary/aromatic N) is 26. The van der Waals surface area contributed by atoms with Crippen LogP contribution >= 0.6 is 11.3 Å². The molecule has 141 heavy (non-hydrogen) atoms. The number of anilines is 8. The fourth-order valence-corrected chi connectivity index (χ4v) is 20.5. The highest BCUT2D eigenvalue weighted by Crippen LogP contribution is 2.32. The highest BCUT2D eigenvalue weighted by molar-refractivity contribution is 7.16. The Bertz CT molecular complexity index is 4870. The molecule has 15 heterocycles. The van der Waals surface area contributed by atoms with Crippen LogP contribution in [-0.4, -0.2) is 350 Å². The van der Waals surface area contributed by atoms with E-state index in [0.29, 0.717) is 24.2 Å². The van der Waals surface area contributed by atoms with Gasteiger partial charge in [0.2, 0.25) is 0 Å². The first-order valence-electron chi connectivity index (χ1n) is 53.8. The van der Waals surface area contributed by atoms with E-state index in [2.05, 4.69) is 331 Å². The van der Waals surface area contributed by atoms with Gasteiger partial charge < -0.3 is 58.8 Å². The van der Waals surface area contributed by atoms with Crippen molar-refractivity contribution >= 4 is 62.2 Å². The Morgan fingerprint density at radius 3 is 1.18 bits per heavy atom. The number of benzene rings is 3. The maximum atomic E-state index is 4.45. The molecule has 9 aromatic rings. The molecular formula is C114H180N26S. The zero-order valence-corrected chi connectivity index (χ0v) is 91.7. The average Bonchev–Trinajstić information content (AvgIpc) is 1.70. The molecule has 3 unspecified atom stereocenters. The van der Waals surface area contributed by atoms with Crippen LogP contribution in [0.15, 0.2) is 153 Å². The van der Waals surface area contributed by atoms with Gasteiger partial charge in [-0.05, 0) is 282 Å². The third kappa shape index (κ3) is 37.9. The number of hydrogen-bond acceptors (Lipinski definition) is 27. The fourth-order valence-electron chi connectivity index (χ4n) is 19.6. The maximum Gasteiger partial charge on any atom is 0.147 e. The van der Waals surface area contributed by atoms with Gasteiger partial charge in [-0.2, -0.15) is 0 Å². The van der Waals surface area contributed by atoms with E-state index in [1.807, 2.05) is 108 Å². The van der Waals surface area contributed by atoms with Crippen molar-refractivity contribution < 1.29 is 0 Å². The Kier molecular flexibility index (Phi) is 46.9. The van der Waals surface area contributed by atoms with E-state index in [9.17, 15) is 0 Å². The monoisotopic (exact) mass is 1950 g/mol. The van der Waals surface area contributed by atoms with Gasteiger partial charge in [0.05, 0.1) is 94.9 Å². The van der Waals surface area contributed by atoms with Crippen LogP contribution in [0.1, 0.15) is 188 Å². The zero-order valence-electron chi connectivity index (χ0n) is 90.8. The van der Waals surface area contributed by atoms with Crippen molar-refractivity contribution in [2.24, 2.45) is 5.92 Å². The van der Waals surface area contributed by atoms with Crippen LogP contribution in [0, 0.1) is 68.2 Å². The van der Waals surface area contributed by atoms with Crippen molar-refractivity contribution in [2.75, 3.05) is 270 Å². The van der Waals surface area contributed by atoms with Crippen LogP contribution in [0.25, 0.3) is 5.57 Å². The quantitative estimate of drug-likeness (QED) is 0.0790. The number of likely N-dealkylation sites (N-methyl/N-ethyl adjacent to an activating group) is 5. The van der Waals surface area contributed by atoms with Crippen LogP contribution in [0.3, 0.4) is 0 Å². The minimum absolute atomic E-state index is 0.646. The molecule has 3 aromatic carbocycles. The molecule has 0 bridgehead atoms. The molecule has 10 aliphatic rings. The number of thiophene rings is 1. The predicted molar refractivity (Wildman–Crippen MR) is 597 cm³/mol. The summed E-state index contributed by atoms with van der Waals surface area (Å²) < 4.78 is 0. The summed E-state index contributed by atoms with van der Waals surface area (Å²) in [5.74, 6) is 4.92. The topological polar surface area (TPSA) is 181 Å². The molecule has 3 atom stereocenters. The summed E-state index contributed by atoms with van der Waals surface area (Å²) in [6.07, 6.45) is 36.1. The fraction of sp³-hybridized carbons (Fsp3) is 0.614. The number of aryl methyl sites for hydroxylation is 9. The van der Waals surface area contributed by atoms with E-state index in [0.717, 1.165) is 181 Å². The van der Waals surface area contributed by atoms with Crippen LogP contribution in [0.5, 0.6) is 0 Å². The second kappa shape index (κ2) is 59.1. The molecule has 9 aliphatic heterocycles. The summed E-state index contributed by atoms with van der Waals surface area (Å²) in [5, 5.41) is 1.45. The second-order valence-corrected chi connectivity index (χ2v) is 42.4. The summed E-state index contributed by atoms with van der Waals surface area (Å²) in [6, 6.07) is 34.9. The Balaban J connectivity index is 0.000000152. The largest absolute Gasteiger partial charge is 0.370 e. The SMILES string of the molecule is CCC1CCN(c2cnc(C)cn2)C1.CCN(CC)C1CCN(c2cnc(C)cn2)C1.CCN1CCCN(c2cnc(C)cn2)CC1.Cc1ccc(N2CCCN(C(C)C)CC2)cc1.Cc1ccc(N2CCCN(C(C)C)CC2)s1.Cc1ccc(N2CCCN(C)CC2)cc1.Cc1ccc(N2CCCN(C3CC3)CC2)cc1.Cc1cnc(C2=CCN(C)CC2)cn1.Cc1cnc(N2CCC(N(C)C)C2)cn1. The van der Waals surface area contributed by atoms with Crippen molar-refractivity contribution in [2.45, 2.75) is 225 Å². The number of aromatic nitrogens is 10. The molecular weight excluding hydrogens is 1770 g/mol. The van der Waals surface area contributed by atoms with Crippen molar-refractivity contribution in [3.8, 4) is 0 Å². The molecule has 1 saturated carbocycles. The molecule has 9 fully saturated rings. The summed E-state index contributed by atoms with van der Waals surface area (Å²) >= 11 is 1.92. The number of rotatable bonds is 18. The zero-order chi connectivity index (χ0) is 101. The lowest BCUT2D eigenvalue weighted by atomic mass is 10.1. The standard InChI is InChI=1S/C15H22N2.C15H24N2.C13H22N4.C13H22N2S.C13H20N2.C12H20N4.C11H18N4.C11H15N3.C11H17N3/c1-13-3-5-14(6-4-13)16-9-2-10-17(12-11-16)15-7-8-15;1-13(2)16-9-4-10-17(12-11-16)15-7-5-14(3)6-8-15;1-4-16(5-2)12-6-7-17(10-12)13-9-14-11(3)8-15-13;1-11(2)14-7-4-8-15(10-9-14)13-6-5-12(3)16-13;1-12-4-6-13(7-5-12)15-9-3-8-14(2)10-11-15;1-3-15-5-4-6-16(8-7-15)12-10-13-11(2)9-14-12;1-9-6-13-11(7-12-9)15-5-4-10(8-15)14(2)3;1-9-7-13-11(8-12-9)10-3-5-14(2)6-4-10;1-3-10-4-5-14(8-10)11-7-12-9(2)6-13-11/h3-6,15H,2,7-12H2,1H3;5-8,13H,4,9-12H2,1-3H3;8-9,12H,4-7,10H2,1-3H3;5-6,11H,4,7-10H2,1-3H3;4-7H,3,8-11H2,1-2H3;9-10H,3-8H2,1-2H3;6-7,10H,4-5,8H2,1-3H3;3,7-8H,4-6H2,1-2H3;6-7,10H,3-5,8H2,1-2H3. The molecule has 19 rings (SSSR count). The van der Waals surface area contributed by atoms with Crippen molar-refractivity contribution in [1.29, 1.82) is 0 Å². The van der Waals surface area contributed by atoms with E-state index >= 15 is 0 Å². The first kappa shape index (κ1) is 112. The van der Waals surface area contributed by atoms with Gasteiger partial charge in [-0.1, -0.05) is 93.3 Å². The number of hydrogen-bond donors (Lipinski definition) is 0. The molecule has 0 radical (unpaired) electrons. The smallest absolute Gasteiger partial charge is 0.147 e. The van der Waals surface area contributed by atoms with Gasteiger partial charge in [-0.25, -0.2) is 19.9 Å². The lowest BCUT2D eigenvalue weighted by Gasteiger charge is -2.26. The van der Waals surface area contributed by atoms with Crippen LogP contribution in [0.2, 0.25) is 0 Å². The van der Waals surface area contributed by atoms with Gasteiger partial charge in [0.25, 0.3) is 0 Å². The van der Waals surface area contributed by atoms with Gasteiger partial charge in [0, 0.05) is 229 Å². The summed E-state index contributed by atoms with van der Waals surface area (Å²) in [7, 11) is 8.61. The van der Waals surface area contributed by atoms with Crippen LogP contribution in [-0.2, 0) is 0 Å². The lowest BCUT2D eigenvalue weighted by molar-refractivity contribution is 0.232. The van der Waals surface area contributed by atoms with Gasteiger partial charge in [-0.3, -0.25) is 49.5 Å². The maximum absolute atomic E-state index is 4.45. The van der Waals surface area contributed by atoms with E-state index in [1.165, 1.54) is 218 Å². The van der Waals surface area contributed by atoms with Crippen LogP contribution < -0.4 is 39.2 Å². The molecule has 26 nitrogen and oxygen atoms in total. The third-order valence-electron chi connectivity index (χ3n) is 29.2. The lowest BCUT2D eigenvalue weighted by Crippen LogP contribution is -2.37. The normalized spacial score (nSPS) is 19.9. The van der Waals surface area contributed by atoms with E-state index in [1.54, 1.807) is 0 Å². The van der Waals surface area contributed by atoms with Gasteiger partial charge in [0.1, 0.15) is 23.3 Å². The van der Waals surface area contributed by atoms with Crippen molar-refractivity contribution in [1.82, 2.24) is 89.0 Å². The molecule has 0 N–H and O–H groups in total. The molecule has 1 aliphatic carbocycles. The predicted octanol–water partition coefficient (Wildman–Crippen LogP) is 18.2. The van der Waals surface area contributed by atoms with Gasteiger partial charge in [-0.15, -0.1) is 11.3 Å². The second-order valence-electron chi connectivity index (χ2n) is 41.2. The third-order valence-corrected chi connectivity index (χ3v) is 30.3. The first-order chi connectivity index (χ1) is 68.2. The Hall–Kier alpha value is -9.42. The molecule has 6 aromatic heterocycles. The Labute approximate surface area is 855 Å². The van der Waals surface area contributed by atoms with E-state index in [4.69, 9.17) is 0 Å². The molecule has 772 valence electrons. The molecule has 8 saturated heterocycles. The van der Waals surface area contributed by atoms with Gasteiger partial charge >= 0.3 is 0 Å². The van der Waals surface area contributed by atoms with Crippen LogP contribution in [0.4, 0.5) is 45.3 Å². The highest BCUT2D eigenvalue weighted by atomic mass is 32.1. The molecule has 27 heteroatoms. The van der Waals surface area contributed by atoms with E-state index < -0.39 is 0 Å². The minimum atomic E-state index is 0.646. The summed E-state index contributed by atoms with van der Waals surface area (Å²) in [4.78, 5) is 84.2. The van der Waals surface area contributed by atoms with E-state index in [-0.39, 0.29) is 0 Å². The Morgan fingerprint density at radius 1 is 0.348 bits per heavy atom. The summed E-state index contributed by atoms with van der Waals surface area (Å²) in [6.45, 7) is 72.5. The first-order valence-corrected chi connectivity index (χ1v) is 54.6. The molecule has 0 spiro atoms.